The Kier molecular flexibility index (Phi) is 7.96. The van der Waals surface area contributed by atoms with Crippen molar-refractivity contribution in [2.75, 3.05) is 32.9 Å². The van der Waals surface area contributed by atoms with Crippen molar-refractivity contribution in [2.24, 2.45) is 5.92 Å². The monoisotopic (exact) mass is 258 g/mol. The van der Waals surface area contributed by atoms with E-state index in [1.807, 2.05) is 0 Å². The molecule has 1 aliphatic rings. The number of hydrogen-bond acceptors (Lipinski definition) is 4. The van der Waals surface area contributed by atoms with Crippen molar-refractivity contribution in [3.63, 3.8) is 0 Å². The molecule has 0 aromatic heterocycles. The fourth-order valence-corrected chi connectivity index (χ4v) is 2.10. The predicted molar refractivity (Wildman–Crippen MR) is 70.3 cm³/mol. The molecule has 1 fully saturated rings. The molecule has 0 aromatic carbocycles. The van der Waals surface area contributed by atoms with Gasteiger partial charge in [0.1, 0.15) is 0 Å². The smallest absolute Gasteiger partial charge is 0.227 e. The average Bonchev–Trinajstić information content (AvgIpc) is 2.84. The molecule has 106 valence electrons. The second-order valence-corrected chi connectivity index (χ2v) is 4.78. The predicted octanol–water partition coefficient (Wildman–Crippen LogP) is 0.280. The summed E-state index contributed by atoms with van der Waals surface area (Å²) in [6.45, 7) is 5.10. The maximum atomic E-state index is 12.0. The molecule has 0 bridgehead atoms. The van der Waals surface area contributed by atoms with Crippen molar-refractivity contribution < 1.29 is 14.6 Å². The van der Waals surface area contributed by atoms with Crippen LogP contribution in [0, 0.1) is 5.92 Å². The summed E-state index contributed by atoms with van der Waals surface area (Å²) in [5, 5.41) is 15.0. The van der Waals surface area contributed by atoms with Crippen LogP contribution >= 0.6 is 0 Å². The van der Waals surface area contributed by atoms with Crippen molar-refractivity contribution >= 4 is 5.91 Å². The van der Waals surface area contributed by atoms with Crippen LogP contribution in [0.2, 0.25) is 0 Å². The molecule has 0 aliphatic carbocycles. The molecule has 0 radical (unpaired) electrons. The van der Waals surface area contributed by atoms with Gasteiger partial charge in [0, 0.05) is 19.2 Å². The summed E-state index contributed by atoms with van der Waals surface area (Å²) >= 11 is 0. The van der Waals surface area contributed by atoms with E-state index in [0.717, 1.165) is 32.2 Å². The van der Waals surface area contributed by atoms with Gasteiger partial charge >= 0.3 is 0 Å². The lowest BCUT2D eigenvalue weighted by Gasteiger charge is -2.18. The van der Waals surface area contributed by atoms with Gasteiger partial charge in [-0.25, -0.2) is 0 Å². The summed E-state index contributed by atoms with van der Waals surface area (Å²) in [6, 6.07) is 0.155. The van der Waals surface area contributed by atoms with Gasteiger partial charge in [0.2, 0.25) is 5.91 Å². The summed E-state index contributed by atoms with van der Waals surface area (Å²) in [4.78, 5) is 12.0. The summed E-state index contributed by atoms with van der Waals surface area (Å²) < 4.78 is 5.38. The second kappa shape index (κ2) is 9.30. The maximum absolute atomic E-state index is 12.0. The van der Waals surface area contributed by atoms with Gasteiger partial charge in [0.25, 0.3) is 0 Å². The van der Waals surface area contributed by atoms with E-state index in [9.17, 15) is 4.79 Å². The summed E-state index contributed by atoms with van der Waals surface area (Å²) in [5.41, 5.74) is 0. The number of rotatable bonds is 9. The van der Waals surface area contributed by atoms with E-state index in [0.29, 0.717) is 19.8 Å². The van der Waals surface area contributed by atoms with Crippen LogP contribution < -0.4 is 10.6 Å². The highest BCUT2D eigenvalue weighted by Gasteiger charge is 2.33. The van der Waals surface area contributed by atoms with Crippen LogP contribution in [0.3, 0.4) is 0 Å². The quantitative estimate of drug-likeness (QED) is 0.520. The molecule has 18 heavy (non-hydrogen) atoms. The van der Waals surface area contributed by atoms with Gasteiger partial charge in [0.15, 0.2) is 0 Å². The zero-order chi connectivity index (χ0) is 13.2. The minimum Gasteiger partial charge on any atom is -0.396 e. The minimum absolute atomic E-state index is 0.0607. The number of aliphatic hydroxyl groups excluding tert-OH is 1. The Morgan fingerprint density at radius 1 is 1.28 bits per heavy atom. The average molecular weight is 258 g/mol. The first kappa shape index (κ1) is 15.4. The van der Waals surface area contributed by atoms with Gasteiger partial charge < -0.3 is 20.5 Å². The highest BCUT2D eigenvalue weighted by Crippen LogP contribution is 2.13. The Balaban J connectivity index is 2.18. The summed E-state index contributed by atoms with van der Waals surface area (Å²) in [7, 11) is 0. The lowest BCUT2D eigenvalue weighted by atomic mass is 10.0. The molecule has 1 saturated heterocycles. The molecule has 2 unspecified atom stereocenters. The Hall–Kier alpha value is -0.650. The number of ether oxygens (including phenoxy) is 1. The molecule has 0 aromatic rings. The van der Waals surface area contributed by atoms with Crippen LogP contribution in [0.25, 0.3) is 0 Å². The Morgan fingerprint density at radius 2 is 2.11 bits per heavy atom. The van der Waals surface area contributed by atoms with E-state index >= 15 is 0 Å². The van der Waals surface area contributed by atoms with Crippen LogP contribution in [0.5, 0.6) is 0 Å². The molecule has 0 saturated carbocycles. The van der Waals surface area contributed by atoms with Gasteiger partial charge in [-0.15, -0.1) is 0 Å². The van der Waals surface area contributed by atoms with Crippen LogP contribution in [-0.2, 0) is 9.53 Å². The van der Waals surface area contributed by atoms with Crippen molar-refractivity contribution in [3.8, 4) is 0 Å². The van der Waals surface area contributed by atoms with E-state index in [2.05, 4.69) is 17.6 Å². The zero-order valence-electron chi connectivity index (χ0n) is 11.3. The third-order valence-electron chi connectivity index (χ3n) is 3.21. The first-order chi connectivity index (χ1) is 8.79. The third-order valence-corrected chi connectivity index (χ3v) is 3.21. The summed E-state index contributed by atoms with van der Waals surface area (Å²) in [5.74, 6) is 0.0273. The van der Waals surface area contributed by atoms with Gasteiger partial charge in [-0.3, -0.25) is 4.79 Å². The first-order valence-corrected chi connectivity index (χ1v) is 6.99. The minimum atomic E-state index is -0.0607. The molecule has 5 nitrogen and oxygen atoms in total. The molecule has 1 heterocycles. The first-order valence-electron chi connectivity index (χ1n) is 6.99. The van der Waals surface area contributed by atoms with Crippen molar-refractivity contribution in [2.45, 2.75) is 38.6 Å². The molecule has 3 N–H and O–H groups in total. The number of aliphatic hydroxyl groups is 1. The molecule has 5 heteroatoms. The Morgan fingerprint density at radius 3 is 2.83 bits per heavy atom. The van der Waals surface area contributed by atoms with E-state index in [-0.39, 0.29) is 24.5 Å². The van der Waals surface area contributed by atoms with Crippen molar-refractivity contribution in [1.29, 1.82) is 0 Å². The highest BCUT2D eigenvalue weighted by atomic mass is 16.5. The van der Waals surface area contributed by atoms with Crippen LogP contribution in [0.15, 0.2) is 0 Å². The largest absolute Gasteiger partial charge is 0.396 e. The molecular formula is C13H26N2O3. The van der Waals surface area contributed by atoms with Gasteiger partial charge in [-0.2, -0.15) is 0 Å². The topological polar surface area (TPSA) is 70.6 Å². The molecule has 1 aliphatic heterocycles. The molecule has 1 rings (SSSR count). The number of carbonyl (C=O) groups is 1. The summed E-state index contributed by atoms with van der Waals surface area (Å²) in [6.07, 6.45) is 3.75. The van der Waals surface area contributed by atoms with E-state index < -0.39 is 0 Å². The third kappa shape index (κ3) is 5.33. The standard InChI is InChI=1S/C13H26N2O3/c1-2-6-14-12-10-18-9-11(12)13(17)15-7-4-3-5-8-16/h11-12,14,16H,2-10H2,1H3,(H,15,17). The van der Waals surface area contributed by atoms with Gasteiger partial charge in [-0.05, 0) is 32.2 Å². The number of hydrogen-bond donors (Lipinski definition) is 3. The second-order valence-electron chi connectivity index (χ2n) is 4.78. The zero-order valence-corrected chi connectivity index (χ0v) is 11.3. The van der Waals surface area contributed by atoms with Crippen molar-refractivity contribution in [3.05, 3.63) is 0 Å². The van der Waals surface area contributed by atoms with Gasteiger partial charge in [0.05, 0.1) is 19.1 Å². The normalized spacial score (nSPS) is 23.2. The van der Waals surface area contributed by atoms with Crippen LogP contribution in [0.4, 0.5) is 0 Å². The number of unbranched alkanes of at least 4 members (excludes halogenated alkanes) is 2. The number of amides is 1. The fraction of sp³-hybridized carbons (Fsp3) is 0.923. The SMILES string of the molecule is CCCNC1COCC1C(=O)NCCCCCO. The van der Waals surface area contributed by atoms with E-state index in [1.165, 1.54) is 0 Å². The van der Waals surface area contributed by atoms with Crippen molar-refractivity contribution in [1.82, 2.24) is 10.6 Å². The maximum Gasteiger partial charge on any atom is 0.227 e. The lowest BCUT2D eigenvalue weighted by Crippen LogP contribution is -2.44. The Labute approximate surface area is 109 Å². The number of nitrogens with one attached hydrogen (secondary N) is 2. The molecule has 2 atom stereocenters. The van der Waals surface area contributed by atoms with E-state index in [1.54, 1.807) is 0 Å². The highest BCUT2D eigenvalue weighted by molar-refractivity contribution is 5.79. The van der Waals surface area contributed by atoms with E-state index in [4.69, 9.17) is 9.84 Å². The number of carbonyl (C=O) groups excluding carboxylic acids is 1. The molecule has 1 amide bonds. The van der Waals surface area contributed by atoms with Gasteiger partial charge in [-0.1, -0.05) is 6.92 Å². The Bertz CT molecular complexity index is 236. The van der Waals surface area contributed by atoms with Crippen LogP contribution in [0.1, 0.15) is 32.6 Å². The van der Waals surface area contributed by atoms with Crippen LogP contribution in [-0.4, -0.2) is 50.0 Å². The lowest BCUT2D eigenvalue weighted by molar-refractivity contribution is -0.125. The molecule has 0 spiro atoms. The molecular weight excluding hydrogens is 232 g/mol. The fourth-order valence-electron chi connectivity index (χ4n) is 2.10.